The molecular formula is C6H5N4Re-. The summed E-state index contributed by atoms with van der Waals surface area (Å²) in [6.07, 6.45) is 3.19. The van der Waals surface area contributed by atoms with E-state index < -0.39 is 0 Å². The molecule has 0 aliphatic heterocycles. The summed E-state index contributed by atoms with van der Waals surface area (Å²) in [4.78, 5) is 7.77. The van der Waals surface area contributed by atoms with Gasteiger partial charge in [-0.25, -0.2) is 0 Å². The number of hydrogen-bond acceptors (Lipinski definition) is 3. The van der Waals surface area contributed by atoms with Crippen LogP contribution in [-0.2, 0) is 20.4 Å². The molecule has 2 aromatic heterocycles. The molecule has 0 atom stereocenters. The number of fused-ring (bicyclic) bond motifs is 1. The molecule has 2 rings (SSSR count). The predicted octanol–water partition coefficient (Wildman–Crippen LogP) is 0.288. The monoisotopic (exact) mass is 320 g/mol. The van der Waals surface area contributed by atoms with Gasteiger partial charge in [0, 0.05) is 44.0 Å². The molecule has 1 radical (unpaired) electrons. The molecule has 0 unspecified atom stereocenters. The van der Waals surface area contributed by atoms with Crippen molar-refractivity contribution in [1.82, 2.24) is 20.2 Å². The fourth-order valence-corrected chi connectivity index (χ4v) is 0.834. The van der Waals surface area contributed by atoms with Crippen molar-refractivity contribution in [3.8, 4) is 0 Å². The van der Waals surface area contributed by atoms with Gasteiger partial charge >= 0.3 is 0 Å². The Labute approximate surface area is 77.1 Å². The minimum atomic E-state index is 0. The normalized spacial score (nSPS) is 9.55. The van der Waals surface area contributed by atoms with Crippen molar-refractivity contribution < 1.29 is 20.4 Å². The van der Waals surface area contributed by atoms with Gasteiger partial charge in [-0.15, -0.1) is 0 Å². The van der Waals surface area contributed by atoms with Crippen LogP contribution in [0, 0.1) is 6.92 Å². The van der Waals surface area contributed by atoms with Crippen molar-refractivity contribution in [3.05, 3.63) is 18.2 Å². The number of aromatic nitrogens is 4. The molecule has 11 heavy (non-hydrogen) atoms. The van der Waals surface area contributed by atoms with Crippen LogP contribution in [0.1, 0.15) is 5.69 Å². The second kappa shape index (κ2) is 3.08. The van der Waals surface area contributed by atoms with Crippen LogP contribution in [0.5, 0.6) is 0 Å². The smallest absolute Gasteiger partial charge is 0.0451 e. The van der Waals surface area contributed by atoms with E-state index in [0.717, 1.165) is 11.1 Å². The first-order valence-electron chi connectivity index (χ1n) is 2.93. The van der Waals surface area contributed by atoms with Crippen LogP contribution < -0.4 is 5.10 Å². The maximum absolute atomic E-state index is 3.92. The number of nitrogens with zero attached hydrogens (tertiary/aromatic N) is 4. The molecular weight excluding hydrogens is 314 g/mol. The van der Waals surface area contributed by atoms with E-state index >= 15 is 0 Å². The molecule has 5 heteroatoms. The molecule has 0 saturated heterocycles. The fourth-order valence-electron chi connectivity index (χ4n) is 0.834. The third kappa shape index (κ3) is 1.30. The molecule has 0 bridgehead atoms. The number of hydrogen-bond donors (Lipinski definition) is 0. The van der Waals surface area contributed by atoms with Crippen molar-refractivity contribution in [3.63, 3.8) is 0 Å². The van der Waals surface area contributed by atoms with Crippen LogP contribution in [0.2, 0.25) is 0 Å². The van der Waals surface area contributed by atoms with E-state index in [1.165, 1.54) is 6.33 Å². The zero-order chi connectivity index (χ0) is 6.97. The second-order valence-corrected chi connectivity index (χ2v) is 2.05. The Kier molecular flexibility index (Phi) is 2.32. The summed E-state index contributed by atoms with van der Waals surface area (Å²) < 4.78 is 0. The Bertz CT molecular complexity index is 356. The van der Waals surface area contributed by atoms with Crippen LogP contribution >= 0.6 is 0 Å². The van der Waals surface area contributed by atoms with Gasteiger partial charge in [0.15, 0.2) is 0 Å². The minimum absolute atomic E-state index is 0. The average Bonchev–Trinajstić information content (AvgIpc) is 2.34. The Morgan fingerprint density at radius 1 is 1.45 bits per heavy atom. The standard InChI is InChI=1S/C6H5N4.Re/c1-4-5-2-7-3-8-6(5)10-9-4;/h2-3H,1H3;/q-1;. The second-order valence-electron chi connectivity index (χ2n) is 2.05. The number of rotatable bonds is 0. The van der Waals surface area contributed by atoms with Gasteiger partial charge in [-0.1, -0.05) is 0 Å². The number of aryl methyl sites for hydroxylation is 1. The fraction of sp³-hybridized carbons (Fsp3) is 0.167. The Morgan fingerprint density at radius 2 is 2.27 bits per heavy atom. The molecule has 0 aliphatic rings. The predicted molar refractivity (Wildman–Crippen MR) is 35.4 cm³/mol. The molecule has 0 N–H and O–H groups in total. The van der Waals surface area contributed by atoms with Crippen molar-refractivity contribution in [2.45, 2.75) is 6.92 Å². The molecule has 0 amide bonds. The first-order valence-corrected chi connectivity index (χ1v) is 2.93. The maximum atomic E-state index is 3.92. The van der Waals surface area contributed by atoms with Gasteiger partial charge in [-0.2, -0.15) is 0 Å². The van der Waals surface area contributed by atoms with Gasteiger partial charge in [0.25, 0.3) is 0 Å². The molecule has 2 aromatic rings. The van der Waals surface area contributed by atoms with E-state index in [1.807, 2.05) is 6.92 Å². The van der Waals surface area contributed by atoms with Crippen molar-refractivity contribution in [2.24, 2.45) is 0 Å². The SMILES string of the molecule is Cc1n[n-]c2ncncc12.[Re]. The van der Waals surface area contributed by atoms with E-state index in [9.17, 15) is 0 Å². The summed E-state index contributed by atoms with van der Waals surface area (Å²) in [6, 6.07) is 0. The topological polar surface area (TPSA) is 52.8 Å². The van der Waals surface area contributed by atoms with Gasteiger partial charge in [-0.05, 0) is 12.6 Å². The molecule has 0 aliphatic carbocycles. The van der Waals surface area contributed by atoms with Gasteiger partial charge in [0.05, 0.1) is 0 Å². The Morgan fingerprint density at radius 3 is 3.00 bits per heavy atom. The summed E-state index contributed by atoms with van der Waals surface area (Å²) in [5.41, 5.74) is 1.56. The molecule has 0 spiro atoms. The van der Waals surface area contributed by atoms with E-state index in [-0.39, 0.29) is 20.4 Å². The summed E-state index contributed by atoms with van der Waals surface area (Å²) in [5, 5.41) is 8.59. The van der Waals surface area contributed by atoms with E-state index in [2.05, 4.69) is 20.2 Å². The molecule has 4 nitrogen and oxygen atoms in total. The van der Waals surface area contributed by atoms with Gasteiger partial charge in [0.1, 0.15) is 0 Å². The van der Waals surface area contributed by atoms with E-state index in [1.54, 1.807) is 6.20 Å². The summed E-state index contributed by atoms with van der Waals surface area (Å²) in [7, 11) is 0. The molecule has 57 valence electrons. The largest absolute Gasteiger partial charge is 0.425 e. The van der Waals surface area contributed by atoms with Crippen LogP contribution in [-0.4, -0.2) is 15.1 Å². The summed E-state index contributed by atoms with van der Waals surface area (Å²) in [5.74, 6) is 0. The first-order chi connectivity index (χ1) is 4.88. The molecule has 0 aromatic carbocycles. The third-order valence-corrected chi connectivity index (χ3v) is 1.38. The molecule has 2 heterocycles. The summed E-state index contributed by atoms with van der Waals surface area (Å²) in [6.45, 7) is 1.89. The van der Waals surface area contributed by atoms with Gasteiger partial charge in [-0.3, -0.25) is 10.1 Å². The quantitative estimate of drug-likeness (QED) is 0.700. The van der Waals surface area contributed by atoms with Crippen LogP contribution in [0.15, 0.2) is 12.5 Å². The first kappa shape index (κ1) is 8.31. The third-order valence-electron chi connectivity index (χ3n) is 1.38. The van der Waals surface area contributed by atoms with Crippen LogP contribution in [0.4, 0.5) is 0 Å². The molecule has 0 fully saturated rings. The minimum Gasteiger partial charge on any atom is -0.425 e. The van der Waals surface area contributed by atoms with Gasteiger partial charge < -0.3 is 10.1 Å². The van der Waals surface area contributed by atoms with E-state index in [4.69, 9.17) is 0 Å². The maximum Gasteiger partial charge on any atom is 0.0451 e. The van der Waals surface area contributed by atoms with Crippen LogP contribution in [0.25, 0.3) is 11.0 Å². The van der Waals surface area contributed by atoms with Crippen LogP contribution in [0.3, 0.4) is 0 Å². The zero-order valence-electron chi connectivity index (χ0n) is 5.82. The Hall–Kier alpha value is -0.788. The van der Waals surface area contributed by atoms with Crippen molar-refractivity contribution in [1.29, 1.82) is 0 Å². The van der Waals surface area contributed by atoms with Crippen molar-refractivity contribution >= 4 is 11.0 Å². The van der Waals surface area contributed by atoms with E-state index in [0.29, 0.717) is 5.65 Å². The molecule has 0 saturated carbocycles. The van der Waals surface area contributed by atoms with Gasteiger partial charge in [0.2, 0.25) is 0 Å². The van der Waals surface area contributed by atoms with Crippen molar-refractivity contribution in [2.75, 3.05) is 0 Å². The zero-order valence-corrected chi connectivity index (χ0v) is 8.54. The average molecular weight is 319 g/mol. The Balaban J connectivity index is 0.000000605. The summed E-state index contributed by atoms with van der Waals surface area (Å²) >= 11 is 0.